The summed E-state index contributed by atoms with van der Waals surface area (Å²) >= 11 is 0. The first-order chi connectivity index (χ1) is 22.0. The van der Waals surface area contributed by atoms with E-state index >= 15 is 0 Å². The Labute approximate surface area is 264 Å². The van der Waals surface area contributed by atoms with Crippen molar-refractivity contribution in [2.75, 3.05) is 0 Å². The highest BCUT2D eigenvalue weighted by atomic mass is 15.0. The van der Waals surface area contributed by atoms with E-state index in [4.69, 9.17) is 15.0 Å². The Morgan fingerprint density at radius 2 is 0.778 bits per heavy atom. The predicted octanol–water partition coefficient (Wildman–Crippen LogP) is 10.5. The van der Waals surface area contributed by atoms with Crippen LogP contribution in [0.3, 0.4) is 0 Å². The average Bonchev–Trinajstić information content (AvgIpc) is 3.34. The summed E-state index contributed by atoms with van der Waals surface area (Å²) < 4.78 is 0. The number of aromatic nitrogens is 3. The van der Waals surface area contributed by atoms with Crippen molar-refractivity contribution in [2.24, 2.45) is 0 Å². The van der Waals surface area contributed by atoms with Crippen LogP contribution in [-0.4, -0.2) is 15.0 Å². The van der Waals surface area contributed by atoms with E-state index in [1.165, 1.54) is 27.8 Å². The summed E-state index contributed by atoms with van der Waals surface area (Å²) in [5.41, 5.74) is 12.8. The topological polar surface area (TPSA) is 38.7 Å². The van der Waals surface area contributed by atoms with E-state index in [1.807, 2.05) is 36.4 Å². The van der Waals surface area contributed by atoms with Crippen molar-refractivity contribution in [1.29, 1.82) is 0 Å². The van der Waals surface area contributed by atoms with Gasteiger partial charge in [-0.15, -0.1) is 0 Å². The lowest BCUT2D eigenvalue weighted by atomic mass is 9.82. The minimum Gasteiger partial charge on any atom is -0.208 e. The highest BCUT2D eigenvalue weighted by molar-refractivity contribution is 5.85. The average molecular weight is 578 g/mol. The zero-order valence-corrected chi connectivity index (χ0v) is 25.3. The normalized spacial score (nSPS) is 12.8. The van der Waals surface area contributed by atoms with Crippen LogP contribution in [0.5, 0.6) is 0 Å². The van der Waals surface area contributed by atoms with Crippen molar-refractivity contribution in [3.63, 3.8) is 0 Å². The van der Waals surface area contributed by atoms with Crippen molar-refractivity contribution in [1.82, 2.24) is 15.0 Å². The molecule has 0 spiro atoms. The van der Waals surface area contributed by atoms with E-state index in [1.54, 1.807) is 0 Å². The van der Waals surface area contributed by atoms with E-state index in [9.17, 15) is 0 Å². The number of nitrogens with zero attached hydrogens (tertiary/aromatic N) is 3. The molecule has 0 atom stereocenters. The van der Waals surface area contributed by atoms with Gasteiger partial charge in [-0.3, -0.25) is 0 Å². The van der Waals surface area contributed by atoms with Crippen LogP contribution in [0.15, 0.2) is 152 Å². The molecule has 0 fully saturated rings. The van der Waals surface area contributed by atoms with Gasteiger partial charge in [-0.2, -0.15) is 0 Å². The summed E-state index contributed by atoms with van der Waals surface area (Å²) in [6, 6.07) is 53.2. The first-order valence-electron chi connectivity index (χ1n) is 15.4. The molecule has 0 saturated carbocycles. The number of benzene rings is 6. The van der Waals surface area contributed by atoms with Crippen molar-refractivity contribution in [3.8, 4) is 67.5 Å². The summed E-state index contributed by atoms with van der Waals surface area (Å²) in [5.74, 6) is 1.96. The molecule has 1 heterocycles. The van der Waals surface area contributed by atoms with Gasteiger partial charge >= 0.3 is 0 Å². The van der Waals surface area contributed by atoms with Gasteiger partial charge in [0.15, 0.2) is 17.5 Å². The van der Waals surface area contributed by atoms with Gasteiger partial charge in [0.1, 0.15) is 0 Å². The van der Waals surface area contributed by atoms with Gasteiger partial charge in [0.25, 0.3) is 0 Å². The summed E-state index contributed by atoms with van der Waals surface area (Å²) in [6.07, 6.45) is 0. The zero-order chi connectivity index (χ0) is 30.4. The molecule has 3 nitrogen and oxygen atoms in total. The Morgan fingerprint density at radius 1 is 0.333 bits per heavy atom. The predicted molar refractivity (Wildman–Crippen MR) is 185 cm³/mol. The molecule has 7 aromatic rings. The summed E-state index contributed by atoms with van der Waals surface area (Å²) in [7, 11) is 0. The molecule has 1 aliphatic rings. The van der Waals surface area contributed by atoms with Crippen molar-refractivity contribution >= 4 is 0 Å². The largest absolute Gasteiger partial charge is 0.208 e. The SMILES string of the molecule is CC1(C)c2ccccc2-c2cc(-c3cccc(-c4nc(-c5ccccc5)nc(-c5cccc(-c6ccccc6)c5)n4)c3)ccc21. The Morgan fingerprint density at radius 3 is 1.42 bits per heavy atom. The van der Waals surface area contributed by atoms with E-state index in [0.717, 1.165) is 33.4 Å². The van der Waals surface area contributed by atoms with Crippen LogP contribution in [0, 0.1) is 0 Å². The number of rotatable bonds is 5. The van der Waals surface area contributed by atoms with Crippen LogP contribution in [0.1, 0.15) is 25.0 Å². The maximum Gasteiger partial charge on any atom is 0.164 e. The summed E-state index contributed by atoms with van der Waals surface area (Å²) in [6.45, 7) is 4.63. The molecule has 1 aromatic heterocycles. The van der Waals surface area contributed by atoms with Gasteiger partial charge in [0, 0.05) is 22.1 Å². The zero-order valence-electron chi connectivity index (χ0n) is 25.3. The quantitative estimate of drug-likeness (QED) is 0.204. The molecule has 0 unspecified atom stereocenters. The second-order valence-corrected chi connectivity index (χ2v) is 12.1. The first-order valence-corrected chi connectivity index (χ1v) is 15.4. The fraction of sp³-hybridized carbons (Fsp3) is 0.0714. The van der Waals surface area contributed by atoms with Crippen molar-refractivity contribution < 1.29 is 0 Å². The van der Waals surface area contributed by atoms with Crippen LogP contribution in [0.2, 0.25) is 0 Å². The Hall–Kier alpha value is -5.67. The van der Waals surface area contributed by atoms with Gasteiger partial charge < -0.3 is 0 Å². The molecule has 45 heavy (non-hydrogen) atoms. The van der Waals surface area contributed by atoms with Crippen LogP contribution in [0.4, 0.5) is 0 Å². The van der Waals surface area contributed by atoms with E-state index < -0.39 is 0 Å². The van der Waals surface area contributed by atoms with Crippen LogP contribution in [0.25, 0.3) is 67.5 Å². The minimum atomic E-state index is -0.0146. The molecule has 214 valence electrons. The van der Waals surface area contributed by atoms with Crippen LogP contribution in [-0.2, 0) is 5.41 Å². The van der Waals surface area contributed by atoms with E-state index in [0.29, 0.717) is 17.5 Å². The molecule has 0 saturated heterocycles. The second kappa shape index (κ2) is 10.8. The van der Waals surface area contributed by atoms with E-state index in [-0.39, 0.29) is 5.41 Å². The molecular weight excluding hydrogens is 546 g/mol. The number of hydrogen-bond donors (Lipinski definition) is 0. The highest BCUT2D eigenvalue weighted by Crippen LogP contribution is 2.49. The Kier molecular flexibility index (Phi) is 6.46. The second-order valence-electron chi connectivity index (χ2n) is 12.1. The lowest BCUT2D eigenvalue weighted by Gasteiger charge is -2.21. The number of hydrogen-bond acceptors (Lipinski definition) is 3. The van der Waals surface area contributed by atoms with Gasteiger partial charge in [-0.25, -0.2) is 15.0 Å². The molecule has 8 rings (SSSR count). The monoisotopic (exact) mass is 577 g/mol. The Bertz CT molecular complexity index is 2180. The van der Waals surface area contributed by atoms with E-state index in [2.05, 4.69) is 129 Å². The van der Waals surface area contributed by atoms with Crippen molar-refractivity contribution in [3.05, 3.63) is 163 Å². The fourth-order valence-electron chi connectivity index (χ4n) is 6.56. The highest BCUT2D eigenvalue weighted by Gasteiger charge is 2.35. The molecule has 1 aliphatic carbocycles. The lowest BCUT2D eigenvalue weighted by molar-refractivity contribution is 0.660. The van der Waals surface area contributed by atoms with Gasteiger partial charge in [0.05, 0.1) is 0 Å². The third kappa shape index (κ3) is 4.83. The van der Waals surface area contributed by atoms with Crippen LogP contribution >= 0.6 is 0 Å². The molecule has 3 heteroatoms. The molecule has 6 aromatic carbocycles. The van der Waals surface area contributed by atoms with Gasteiger partial charge in [-0.1, -0.05) is 147 Å². The number of fused-ring (bicyclic) bond motifs is 3. The molecule has 0 aliphatic heterocycles. The minimum absolute atomic E-state index is 0.0146. The molecular formula is C42H31N3. The van der Waals surface area contributed by atoms with Gasteiger partial charge in [-0.05, 0) is 62.7 Å². The maximum absolute atomic E-state index is 5.05. The smallest absolute Gasteiger partial charge is 0.164 e. The molecule has 0 amide bonds. The van der Waals surface area contributed by atoms with Crippen LogP contribution < -0.4 is 0 Å². The van der Waals surface area contributed by atoms with Crippen molar-refractivity contribution in [2.45, 2.75) is 19.3 Å². The third-order valence-corrected chi connectivity index (χ3v) is 8.93. The molecule has 0 N–H and O–H groups in total. The first kappa shape index (κ1) is 26.9. The molecule has 0 bridgehead atoms. The lowest BCUT2D eigenvalue weighted by Crippen LogP contribution is -2.14. The van der Waals surface area contributed by atoms with Gasteiger partial charge in [0.2, 0.25) is 0 Å². The fourth-order valence-corrected chi connectivity index (χ4v) is 6.56. The Balaban J connectivity index is 1.24. The standard InChI is InChI=1S/C42H31N3/c1-42(2)37-22-10-9-21-35(37)36-27-32(23-24-38(36)42)31-18-12-20-34(26-31)41-44-39(29-15-7-4-8-16-29)43-40(45-41)33-19-11-17-30(25-33)28-13-5-3-6-14-28/h3-27H,1-2H3. The third-order valence-electron chi connectivity index (χ3n) is 8.93. The summed E-state index contributed by atoms with van der Waals surface area (Å²) in [4.78, 5) is 15.0. The maximum atomic E-state index is 5.05. The molecule has 0 radical (unpaired) electrons. The summed E-state index contributed by atoms with van der Waals surface area (Å²) in [5, 5.41) is 0.